The SMILES string of the molecule is N#Cc1ccc(CNC2CCCC(N)C2)cc1. The van der Waals surface area contributed by atoms with Crippen LogP contribution < -0.4 is 11.1 Å². The van der Waals surface area contributed by atoms with Gasteiger partial charge in [-0.3, -0.25) is 0 Å². The quantitative estimate of drug-likeness (QED) is 0.832. The first-order valence-corrected chi connectivity index (χ1v) is 6.26. The van der Waals surface area contributed by atoms with Crippen LogP contribution in [0.2, 0.25) is 0 Å². The van der Waals surface area contributed by atoms with Crippen molar-refractivity contribution >= 4 is 0 Å². The maximum absolute atomic E-state index is 8.71. The van der Waals surface area contributed by atoms with E-state index in [9.17, 15) is 0 Å². The summed E-state index contributed by atoms with van der Waals surface area (Å²) in [6, 6.07) is 10.8. The Morgan fingerprint density at radius 2 is 2.06 bits per heavy atom. The van der Waals surface area contributed by atoms with E-state index in [1.54, 1.807) is 0 Å². The fourth-order valence-electron chi connectivity index (χ4n) is 2.37. The topological polar surface area (TPSA) is 61.8 Å². The Kier molecular flexibility index (Phi) is 4.13. The largest absolute Gasteiger partial charge is 0.328 e. The van der Waals surface area contributed by atoms with Crippen LogP contribution in [-0.4, -0.2) is 12.1 Å². The van der Waals surface area contributed by atoms with Crippen LogP contribution in [-0.2, 0) is 6.54 Å². The fourth-order valence-corrected chi connectivity index (χ4v) is 2.37. The third-order valence-corrected chi connectivity index (χ3v) is 3.39. The van der Waals surface area contributed by atoms with E-state index in [1.807, 2.05) is 24.3 Å². The molecule has 0 radical (unpaired) electrons. The first-order valence-electron chi connectivity index (χ1n) is 6.26. The van der Waals surface area contributed by atoms with Crippen LogP contribution in [0.25, 0.3) is 0 Å². The van der Waals surface area contributed by atoms with E-state index in [0.717, 1.165) is 19.4 Å². The predicted molar refractivity (Wildman–Crippen MR) is 68.2 cm³/mol. The molecule has 1 aliphatic carbocycles. The Morgan fingerprint density at radius 3 is 2.71 bits per heavy atom. The Bertz CT molecular complexity index is 391. The number of nitrogens with zero attached hydrogens (tertiary/aromatic N) is 1. The molecule has 1 fully saturated rings. The minimum Gasteiger partial charge on any atom is -0.328 e. The molecule has 3 N–H and O–H groups in total. The molecule has 2 rings (SSSR count). The van der Waals surface area contributed by atoms with Crippen LogP contribution in [0.4, 0.5) is 0 Å². The summed E-state index contributed by atoms with van der Waals surface area (Å²) in [5.74, 6) is 0. The molecular formula is C14H19N3. The van der Waals surface area contributed by atoms with Gasteiger partial charge in [-0.05, 0) is 37.0 Å². The van der Waals surface area contributed by atoms with E-state index in [4.69, 9.17) is 11.0 Å². The number of benzene rings is 1. The first kappa shape index (κ1) is 12.1. The number of nitrogens with two attached hydrogens (primary N) is 1. The van der Waals surface area contributed by atoms with Gasteiger partial charge in [0.25, 0.3) is 0 Å². The summed E-state index contributed by atoms with van der Waals surface area (Å²) >= 11 is 0. The summed E-state index contributed by atoms with van der Waals surface area (Å²) in [5, 5.41) is 12.3. The Balaban J connectivity index is 1.83. The summed E-state index contributed by atoms with van der Waals surface area (Å²) in [7, 11) is 0. The minimum absolute atomic E-state index is 0.363. The number of hydrogen-bond donors (Lipinski definition) is 2. The molecule has 1 aromatic carbocycles. The fraction of sp³-hybridized carbons (Fsp3) is 0.500. The van der Waals surface area contributed by atoms with Gasteiger partial charge in [-0.1, -0.05) is 18.6 Å². The van der Waals surface area contributed by atoms with Gasteiger partial charge in [0.1, 0.15) is 0 Å². The smallest absolute Gasteiger partial charge is 0.0991 e. The molecule has 0 amide bonds. The molecule has 0 aliphatic heterocycles. The molecule has 1 aliphatic rings. The Hall–Kier alpha value is -1.37. The third-order valence-electron chi connectivity index (χ3n) is 3.39. The van der Waals surface area contributed by atoms with Crippen molar-refractivity contribution in [3.05, 3.63) is 35.4 Å². The van der Waals surface area contributed by atoms with Crippen molar-refractivity contribution < 1.29 is 0 Å². The lowest BCUT2D eigenvalue weighted by Crippen LogP contribution is -2.39. The highest BCUT2D eigenvalue weighted by Crippen LogP contribution is 2.17. The molecule has 2 unspecified atom stereocenters. The number of nitrogens with one attached hydrogen (secondary N) is 1. The highest BCUT2D eigenvalue weighted by Gasteiger charge is 2.18. The maximum atomic E-state index is 8.71. The maximum Gasteiger partial charge on any atom is 0.0991 e. The lowest BCUT2D eigenvalue weighted by molar-refractivity contribution is 0.338. The lowest BCUT2D eigenvalue weighted by atomic mass is 9.91. The number of hydrogen-bond acceptors (Lipinski definition) is 3. The molecular weight excluding hydrogens is 210 g/mol. The van der Waals surface area contributed by atoms with Gasteiger partial charge in [-0.25, -0.2) is 0 Å². The van der Waals surface area contributed by atoms with Crippen LogP contribution in [0, 0.1) is 11.3 Å². The van der Waals surface area contributed by atoms with Gasteiger partial charge >= 0.3 is 0 Å². The van der Waals surface area contributed by atoms with Gasteiger partial charge in [-0.2, -0.15) is 5.26 Å². The van der Waals surface area contributed by atoms with Gasteiger partial charge in [0.2, 0.25) is 0 Å². The average Bonchev–Trinajstić information content (AvgIpc) is 2.37. The highest BCUT2D eigenvalue weighted by molar-refractivity contribution is 5.31. The first-order chi connectivity index (χ1) is 8.28. The van der Waals surface area contributed by atoms with E-state index < -0.39 is 0 Å². The monoisotopic (exact) mass is 229 g/mol. The van der Waals surface area contributed by atoms with Crippen molar-refractivity contribution in [2.75, 3.05) is 0 Å². The molecule has 0 heterocycles. The van der Waals surface area contributed by atoms with Crippen LogP contribution >= 0.6 is 0 Å². The summed E-state index contributed by atoms with van der Waals surface area (Å²) in [6.07, 6.45) is 4.70. The van der Waals surface area contributed by atoms with E-state index in [-0.39, 0.29) is 0 Å². The second kappa shape index (κ2) is 5.81. The van der Waals surface area contributed by atoms with Gasteiger partial charge in [0.05, 0.1) is 11.6 Å². The Labute approximate surface area is 103 Å². The highest BCUT2D eigenvalue weighted by atomic mass is 14.9. The van der Waals surface area contributed by atoms with E-state index in [2.05, 4.69) is 11.4 Å². The van der Waals surface area contributed by atoms with E-state index in [0.29, 0.717) is 17.6 Å². The summed E-state index contributed by atoms with van der Waals surface area (Å²) in [4.78, 5) is 0. The molecule has 90 valence electrons. The molecule has 0 bridgehead atoms. The van der Waals surface area contributed by atoms with Crippen molar-refractivity contribution in [2.24, 2.45) is 5.73 Å². The zero-order valence-corrected chi connectivity index (χ0v) is 10.0. The zero-order valence-electron chi connectivity index (χ0n) is 10.0. The molecule has 1 aromatic rings. The molecule has 0 spiro atoms. The van der Waals surface area contributed by atoms with Crippen LogP contribution in [0.15, 0.2) is 24.3 Å². The van der Waals surface area contributed by atoms with Crippen LogP contribution in [0.3, 0.4) is 0 Å². The molecule has 2 atom stereocenters. The second-order valence-corrected chi connectivity index (χ2v) is 4.81. The molecule has 3 nitrogen and oxygen atoms in total. The number of rotatable bonds is 3. The van der Waals surface area contributed by atoms with Gasteiger partial charge in [0.15, 0.2) is 0 Å². The van der Waals surface area contributed by atoms with Crippen molar-refractivity contribution in [3.8, 4) is 6.07 Å². The molecule has 0 saturated heterocycles. The lowest BCUT2D eigenvalue weighted by Gasteiger charge is -2.27. The molecule has 1 saturated carbocycles. The summed E-state index contributed by atoms with van der Waals surface area (Å²) < 4.78 is 0. The molecule has 0 aromatic heterocycles. The van der Waals surface area contributed by atoms with Crippen molar-refractivity contribution in [1.29, 1.82) is 5.26 Å². The third kappa shape index (κ3) is 3.55. The van der Waals surface area contributed by atoms with Crippen molar-refractivity contribution in [2.45, 2.75) is 44.3 Å². The van der Waals surface area contributed by atoms with Crippen molar-refractivity contribution in [3.63, 3.8) is 0 Å². The summed E-state index contributed by atoms with van der Waals surface area (Å²) in [6.45, 7) is 0.864. The van der Waals surface area contributed by atoms with Gasteiger partial charge in [-0.15, -0.1) is 0 Å². The second-order valence-electron chi connectivity index (χ2n) is 4.81. The Morgan fingerprint density at radius 1 is 1.29 bits per heavy atom. The van der Waals surface area contributed by atoms with Crippen LogP contribution in [0.1, 0.15) is 36.8 Å². The predicted octanol–water partition coefficient (Wildman–Crippen LogP) is 1.92. The standard InChI is InChI=1S/C14H19N3/c15-9-11-4-6-12(7-5-11)10-17-14-3-1-2-13(16)8-14/h4-7,13-14,17H,1-3,8,10,16H2. The molecule has 17 heavy (non-hydrogen) atoms. The van der Waals surface area contributed by atoms with Crippen LogP contribution in [0.5, 0.6) is 0 Å². The van der Waals surface area contributed by atoms with Crippen molar-refractivity contribution in [1.82, 2.24) is 5.32 Å². The zero-order chi connectivity index (χ0) is 12.1. The van der Waals surface area contributed by atoms with Gasteiger partial charge in [0, 0.05) is 18.6 Å². The van der Waals surface area contributed by atoms with Gasteiger partial charge < -0.3 is 11.1 Å². The van der Waals surface area contributed by atoms with E-state index >= 15 is 0 Å². The number of nitriles is 1. The minimum atomic E-state index is 0.363. The molecule has 3 heteroatoms. The normalized spacial score (nSPS) is 24.2. The van der Waals surface area contributed by atoms with E-state index in [1.165, 1.54) is 18.4 Å². The summed E-state index contributed by atoms with van der Waals surface area (Å²) in [5.41, 5.74) is 7.90. The average molecular weight is 229 g/mol.